The number of fused-ring (bicyclic) bond motifs is 3. The van der Waals surface area contributed by atoms with Gasteiger partial charge in [-0.3, -0.25) is 0 Å². The molecule has 0 fully saturated rings. The van der Waals surface area contributed by atoms with Gasteiger partial charge in [-0.25, -0.2) is 4.79 Å². The van der Waals surface area contributed by atoms with Crippen LogP contribution in [0.2, 0.25) is 0 Å². The summed E-state index contributed by atoms with van der Waals surface area (Å²) < 4.78 is 1.68. The van der Waals surface area contributed by atoms with Crippen molar-refractivity contribution in [2.24, 2.45) is 0 Å². The van der Waals surface area contributed by atoms with E-state index in [1.165, 1.54) is 11.8 Å². The predicted molar refractivity (Wildman–Crippen MR) is 102 cm³/mol. The number of benzene rings is 1. The van der Waals surface area contributed by atoms with E-state index in [0.717, 1.165) is 26.4 Å². The summed E-state index contributed by atoms with van der Waals surface area (Å²) in [4.78, 5) is 17.1. The number of H-pyrrole nitrogens is 1. The third kappa shape index (κ3) is 2.72. The number of thioether (sulfide) groups is 1. The Balaban J connectivity index is 1.69. The molecular formula is C17H14N2O2S3. The minimum atomic E-state index is -0.833. The first-order valence-electron chi connectivity index (χ1n) is 7.46. The maximum atomic E-state index is 11.8. The summed E-state index contributed by atoms with van der Waals surface area (Å²) in [6.45, 7) is 0.498. The van der Waals surface area contributed by atoms with E-state index < -0.39 is 12.0 Å². The first-order valence-corrected chi connectivity index (χ1v) is 9.57. The van der Waals surface area contributed by atoms with E-state index in [9.17, 15) is 9.90 Å². The van der Waals surface area contributed by atoms with Gasteiger partial charge in [0, 0.05) is 23.0 Å². The van der Waals surface area contributed by atoms with Crippen LogP contribution in [0.25, 0.3) is 10.9 Å². The Kier molecular flexibility index (Phi) is 4.07. The molecule has 1 aliphatic rings. The molecule has 0 bridgehead atoms. The fourth-order valence-electron chi connectivity index (χ4n) is 3.09. The van der Waals surface area contributed by atoms with Gasteiger partial charge < -0.3 is 15.0 Å². The lowest BCUT2D eigenvalue weighted by Gasteiger charge is -2.34. The van der Waals surface area contributed by atoms with Crippen molar-refractivity contribution < 1.29 is 9.90 Å². The van der Waals surface area contributed by atoms with Gasteiger partial charge in [-0.1, -0.05) is 36.5 Å². The van der Waals surface area contributed by atoms with E-state index >= 15 is 0 Å². The maximum Gasteiger partial charge on any atom is 0.326 e. The lowest BCUT2D eigenvalue weighted by molar-refractivity contribution is -0.142. The molecule has 1 aliphatic heterocycles. The van der Waals surface area contributed by atoms with Gasteiger partial charge >= 0.3 is 5.97 Å². The Hall–Kier alpha value is -1.83. The highest BCUT2D eigenvalue weighted by Crippen LogP contribution is 2.34. The second kappa shape index (κ2) is 6.23. The minimum absolute atomic E-state index is 0.458. The van der Waals surface area contributed by atoms with Crippen LogP contribution in [0.4, 0.5) is 0 Å². The van der Waals surface area contributed by atoms with Gasteiger partial charge in [-0.05, 0) is 34.8 Å². The molecule has 0 spiro atoms. The molecule has 3 aromatic rings. The average Bonchev–Trinajstić information content (AvgIpc) is 3.20. The van der Waals surface area contributed by atoms with Crippen LogP contribution < -0.4 is 0 Å². The molecule has 2 aromatic heterocycles. The molecule has 0 aliphatic carbocycles. The molecule has 3 heterocycles. The quantitative estimate of drug-likeness (QED) is 0.522. The molecule has 24 heavy (non-hydrogen) atoms. The van der Waals surface area contributed by atoms with Gasteiger partial charge in [-0.2, -0.15) is 0 Å². The highest BCUT2D eigenvalue weighted by molar-refractivity contribution is 8.23. The molecule has 122 valence electrons. The Morgan fingerprint density at radius 2 is 2.17 bits per heavy atom. The van der Waals surface area contributed by atoms with Crippen molar-refractivity contribution in [2.45, 2.75) is 23.2 Å². The van der Waals surface area contributed by atoms with Crippen molar-refractivity contribution in [3.05, 3.63) is 53.0 Å². The number of aliphatic carboxylic acids is 1. The van der Waals surface area contributed by atoms with Gasteiger partial charge in [0.25, 0.3) is 0 Å². The van der Waals surface area contributed by atoms with Crippen LogP contribution in [0.1, 0.15) is 11.3 Å². The first kappa shape index (κ1) is 15.7. The third-order valence-corrected chi connectivity index (χ3v) is 6.64. The number of nitrogens with one attached hydrogen (secondary N) is 1. The largest absolute Gasteiger partial charge is 0.480 e. The fraction of sp³-hybridized carbons (Fsp3) is 0.176. The Morgan fingerprint density at radius 3 is 2.92 bits per heavy atom. The predicted octanol–water partition coefficient (Wildman–Crippen LogP) is 4.12. The second-order valence-electron chi connectivity index (χ2n) is 5.61. The zero-order valence-corrected chi connectivity index (χ0v) is 15.0. The number of aromatic nitrogens is 1. The van der Waals surface area contributed by atoms with Gasteiger partial charge in [0.15, 0.2) is 0 Å². The van der Waals surface area contributed by atoms with Crippen LogP contribution in [-0.2, 0) is 17.8 Å². The number of aromatic amines is 1. The summed E-state index contributed by atoms with van der Waals surface area (Å²) in [6.07, 6.45) is 0.458. The molecule has 1 aromatic carbocycles. The summed E-state index contributed by atoms with van der Waals surface area (Å²) >= 11 is 8.61. The normalized spacial score (nSPS) is 17.0. The Labute approximate surface area is 152 Å². The van der Waals surface area contributed by atoms with Crippen LogP contribution in [-0.4, -0.2) is 31.3 Å². The van der Waals surface area contributed by atoms with Crippen LogP contribution >= 0.6 is 35.3 Å². The van der Waals surface area contributed by atoms with Crippen molar-refractivity contribution in [2.75, 3.05) is 0 Å². The standard InChI is InChI=1S/C17H14N2O2S3/c20-16(21)14-8-11-10-4-1-2-5-12(10)18-13(11)9-19(14)17(22)24-15-6-3-7-23-15/h1-7,14,18H,8-9H2,(H,20,21)/t14-/m0/s1. The van der Waals surface area contributed by atoms with E-state index in [-0.39, 0.29) is 0 Å². The summed E-state index contributed by atoms with van der Waals surface area (Å²) in [5, 5.41) is 12.8. The van der Waals surface area contributed by atoms with Gasteiger partial charge in [0.2, 0.25) is 0 Å². The summed E-state index contributed by atoms with van der Waals surface area (Å²) in [5.74, 6) is -0.833. The third-order valence-electron chi connectivity index (χ3n) is 4.21. The molecule has 4 nitrogen and oxygen atoms in total. The Bertz CT molecular complexity index is 917. The summed E-state index contributed by atoms with van der Waals surface area (Å²) in [5.41, 5.74) is 3.20. The van der Waals surface area contributed by atoms with Crippen LogP contribution in [0, 0.1) is 0 Å². The maximum absolute atomic E-state index is 11.8. The fourth-order valence-corrected chi connectivity index (χ4v) is 5.38. The van der Waals surface area contributed by atoms with Crippen molar-refractivity contribution in [3.63, 3.8) is 0 Å². The lowest BCUT2D eigenvalue weighted by atomic mass is 9.97. The SMILES string of the molecule is O=C(O)[C@@H]1Cc2c([nH]c3ccccc23)CN1C(=S)Sc1cccs1. The Morgan fingerprint density at radius 1 is 1.33 bits per heavy atom. The van der Waals surface area contributed by atoms with Crippen molar-refractivity contribution in [3.8, 4) is 0 Å². The lowest BCUT2D eigenvalue weighted by Crippen LogP contribution is -2.47. The molecule has 0 radical (unpaired) electrons. The molecule has 7 heteroatoms. The number of carboxylic acid groups (broad SMARTS) is 1. The molecule has 2 N–H and O–H groups in total. The molecule has 0 saturated carbocycles. The van der Waals surface area contributed by atoms with E-state index in [4.69, 9.17) is 12.2 Å². The zero-order chi connectivity index (χ0) is 16.7. The number of hydrogen-bond donors (Lipinski definition) is 2. The van der Waals surface area contributed by atoms with Crippen LogP contribution in [0.3, 0.4) is 0 Å². The van der Waals surface area contributed by atoms with E-state index in [1.807, 2.05) is 46.7 Å². The van der Waals surface area contributed by atoms with Crippen LogP contribution in [0.15, 0.2) is 46.0 Å². The minimum Gasteiger partial charge on any atom is -0.480 e. The number of thiocarbonyl (C=S) groups is 1. The summed E-state index contributed by atoms with van der Waals surface area (Å²) in [6, 6.07) is 11.4. The summed E-state index contributed by atoms with van der Waals surface area (Å²) in [7, 11) is 0. The van der Waals surface area contributed by atoms with Gasteiger partial charge in [-0.15, -0.1) is 11.3 Å². The number of rotatable bonds is 2. The number of carboxylic acids is 1. The van der Waals surface area contributed by atoms with E-state index in [1.54, 1.807) is 11.3 Å². The molecule has 4 rings (SSSR count). The van der Waals surface area contributed by atoms with Crippen molar-refractivity contribution in [1.29, 1.82) is 0 Å². The molecule has 0 saturated heterocycles. The highest BCUT2D eigenvalue weighted by Gasteiger charge is 2.35. The monoisotopic (exact) mass is 374 g/mol. The molecule has 0 amide bonds. The van der Waals surface area contributed by atoms with Gasteiger partial charge in [0.05, 0.1) is 10.8 Å². The molecule has 0 unspecified atom stereocenters. The van der Waals surface area contributed by atoms with Gasteiger partial charge in [0.1, 0.15) is 10.4 Å². The second-order valence-corrected chi connectivity index (χ2v) is 8.50. The van der Waals surface area contributed by atoms with E-state index in [0.29, 0.717) is 17.3 Å². The number of nitrogens with zero attached hydrogens (tertiary/aromatic N) is 1. The smallest absolute Gasteiger partial charge is 0.326 e. The average molecular weight is 375 g/mol. The molecule has 1 atom stereocenters. The highest BCUT2D eigenvalue weighted by atomic mass is 32.2. The van der Waals surface area contributed by atoms with E-state index in [2.05, 4.69) is 4.98 Å². The topological polar surface area (TPSA) is 56.3 Å². The molecular weight excluding hydrogens is 360 g/mol. The number of carbonyl (C=O) groups is 1. The first-order chi connectivity index (χ1) is 11.6. The number of thiophene rings is 1. The number of hydrogen-bond acceptors (Lipinski definition) is 4. The van der Waals surface area contributed by atoms with Crippen LogP contribution in [0.5, 0.6) is 0 Å². The van der Waals surface area contributed by atoms with Crippen molar-refractivity contribution >= 4 is 56.5 Å². The zero-order valence-electron chi connectivity index (χ0n) is 12.6. The number of para-hydroxylation sites is 1. The van der Waals surface area contributed by atoms with Crippen molar-refractivity contribution in [1.82, 2.24) is 9.88 Å².